The van der Waals surface area contributed by atoms with Crippen LogP contribution in [0.1, 0.15) is 5.69 Å². The molecular weight excluding hydrogens is 315 g/mol. The SMILES string of the molecule is CN=C(N)N(CCSCc1ncccc1OC)P(=O)(O)O. The summed E-state index contributed by atoms with van der Waals surface area (Å²) in [5.41, 5.74) is 6.27. The number of methoxy groups -OCH3 is 1. The normalized spacial score (nSPS) is 12.3. The van der Waals surface area contributed by atoms with Crippen molar-refractivity contribution in [1.82, 2.24) is 9.65 Å². The minimum absolute atomic E-state index is 0.0905. The monoisotopic (exact) mass is 334 g/mol. The number of guanidine groups is 1. The van der Waals surface area contributed by atoms with Crippen molar-refractivity contribution in [2.75, 3.05) is 26.5 Å². The summed E-state index contributed by atoms with van der Waals surface area (Å²) in [6.45, 7) is 0.0905. The molecule has 0 aliphatic rings. The number of aliphatic imine (C=N–C) groups is 1. The highest BCUT2D eigenvalue weighted by Gasteiger charge is 2.26. The van der Waals surface area contributed by atoms with Crippen LogP contribution in [0.15, 0.2) is 23.3 Å². The van der Waals surface area contributed by atoms with Gasteiger partial charge in [0.1, 0.15) is 5.75 Å². The van der Waals surface area contributed by atoms with E-state index in [0.29, 0.717) is 17.3 Å². The van der Waals surface area contributed by atoms with E-state index in [0.717, 1.165) is 10.4 Å². The Labute approximate surface area is 127 Å². The average Bonchev–Trinajstić information content (AvgIpc) is 2.45. The van der Waals surface area contributed by atoms with Crippen molar-refractivity contribution in [1.29, 1.82) is 0 Å². The Hall–Kier alpha value is -1.28. The van der Waals surface area contributed by atoms with Crippen LogP contribution in [0, 0.1) is 0 Å². The molecule has 1 rings (SSSR count). The first kappa shape index (κ1) is 17.8. The third-order valence-electron chi connectivity index (χ3n) is 2.56. The van der Waals surface area contributed by atoms with E-state index in [1.54, 1.807) is 19.4 Å². The summed E-state index contributed by atoms with van der Waals surface area (Å²) in [6, 6.07) is 3.59. The molecule has 0 unspecified atom stereocenters. The number of pyridine rings is 1. The molecule has 21 heavy (non-hydrogen) atoms. The van der Waals surface area contributed by atoms with Crippen molar-refractivity contribution < 1.29 is 19.1 Å². The van der Waals surface area contributed by atoms with Crippen molar-refractivity contribution in [2.45, 2.75) is 5.75 Å². The molecule has 0 radical (unpaired) electrons. The first-order chi connectivity index (χ1) is 9.90. The van der Waals surface area contributed by atoms with Gasteiger partial charge in [0.05, 0.1) is 12.8 Å². The summed E-state index contributed by atoms with van der Waals surface area (Å²) >= 11 is 1.47. The topological polar surface area (TPSA) is 121 Å². The fourth-order valence-corrected chi connectivity index (χ4v) is 3.25. The fraction of sp³-hybridized carbons (Fsp3) is 0.455. The molecule has 1 heterocycles. The molecule has 4 N–H and O–H groups in total. The van der Waals surface area contributed by atoms with Gasteiger partial charge in [-0.1, -0.05) is 0 Å². The summed E-state index contributed by atoms with van der Waals surface area (Å²) in [7, 11) is -1.50. The summed E-state index contributed by atoms with van der Waals surface area (Å²) in [4.78, 5) is 26.2. The highest BCUT2D eigenvalue weighted by Crippen LogP contribution is 2.39. The highest BCUT2D eigenvalue weighted by atomic mass is 32.2. The van der Waals surface area contributed by atoms with Crippen molar-refractivity contribution in [3.8, 4) is 5.75 Å². The van der Waals surface area contributed by atoms with Gasteiger partial charge in [-0.25, -0.2) is 9.24 Å². The second kappa shape index (κ2) is 8.23. The van der Waals surface area contributed by atoms with E-state index >= 15 is 0 Å². The van der Waals surface area contributed by atoms with Gasteiger partial charge in [0.25, 0.3) is 0 Å². The fourth-order valence-electron chi connectivity index (χ4n) is 1.53. The number of thioether (sulfide) groups is 1. The zero-order valence-electron chi connectivity index (χ0n) is 11.8. The minimum Gasteiger partial charge on any atom is -0.495 e. The van der Waals surface area contributed by atoms with Gasteiger partial charge in [-0.3, -0.25) is 9.98 Å². The summed E-state index contributed by atoms with van der Waals surface area (Å²) in [5, 5.41) is 0. The Morgan fingerprint density at radius 2 is 2.33 bits per heavy atom. The van der Waals surface area contributed by atoms with Crippen LogP contribution < -0.4 is 10.5 Å². The number of aromatic nitrogens is 1. The molecular formula is C11H19N4O4PS. The molecule has 0 aliphatic carbocycles. The molecule has 10 heteroatoms. The maximum Gasteiger partial charge on any atom is 0.432 e. The van der Waals surface area contributed by atoms with E-state index in [9.17, 15) is 14.4 Å². The second-order valence-corrected chi connectivity index (χ2v) is 6.54. The highest BCUT2D eigenvalue weighted by molar-refractivity contribution is 7.98. The van der Waals surface area contributed by atoms with Gasteiger partial charge in [-0.15, -0.1) is 0 Å². The lowest BCUT2D eigenvalue weighted by Gasteiger charge is -2.23. The average molecular weight is 334 g/mol. The van der Waals surface area contributed by atoms with Gasteiger partial charge in [-0.2, -0.15) is 11.8 Å². The number of rotatable bonds is 7. The zero-order chi connectivity index (χ0) is 15.9. The van der Waals surface area contributed by atoms with Crippen LogP contribution in [0.25, 0.3) is 0 Å². The van der Waals surface area contributed by atoms with Gasteiger partial charge in [0.2, 0.25) is 0 Å². The van der Waals surface area contributed by atoms with E-state index in [-0.39, 0.29) is 12.5 Å². The first-order valence-corrected chi connectivity index (χ1v) is 8.73. The zero-order valence-corrected chi connectivity index (χ0v) is 13.5. The van der Waals surface area contributed by atoms with Gasteiger partial charge in [0, 0.05) is 31.3 Å². The molecule has 118 valence electrons. The van der Waals surface area contributed by atoms with Crippen LogP contribution in [0.3, 0.4) is 0 Å². The second-order valence-electron chi connectivity index (χ2n) is 3.92. The third-order valence-corrected chi connectivity index (χ3v) is 4.55. The van der Waals surface area contributed by atoms with Crippen LogP contribution >= 0.6 is 19.5 Å². The predicted molar refractivity (Wildman–Crippen MR) is 83.2 cm³/mol. The van der Waals surface area contributed by atoms with E-state index in [1.807, 2.05) is 6.07 Å². The maximum atomic E-state index is 11.3. The predicted octanol–water partition coefficient (Wildman–Crippen LogP) is 0.663. The van der Waals surface area contributed by atoms with Crippen molar-refractivity contribution in [3.05, 3.63) is 24.0 Å². The lowest BCUT2D eigenvalue weighted by atomic mass is 10.3. The number of nitrogens with two attached hydrogens (primary N) is 1. The van der Waals surface area contributed by atoms with E-state index < -0.39 is 7.75 Å². The first-order valence-electron chi connectivity index (χ1n) is 6.01. The third kappa shape index (κ3) is 5.55. The molecule has 8 nitrogen and oxygen atoms in total. The Balaban J connectivity index is 2.54. The minimum atomic E-state index is -4.45. The lowest BCUT2D eigenvalue weighted by molar-refractivity contribution is 0.319. The summed E-state index contributed by atoms with van der Waals surface area (Å²) < 4.78 is 17.3. The van der Waals surface area contributed by atoms with Crippen LogP contribution in [0.4, 0.5) is 0 Å². The van der Waals surface area contributed by atoms with Gasteiger partial charge < -0.3 is 20.3 Å². The molecule has 0 atom stereocenters. The van der Waals surface area contributed by atoms with E-state index in [4.69, 9.17) is 10.5 Å². The van der Waals surface area contributed by atoms with E-state index in [1.165, 1.54) is 18.8 Å². The molecule has 0 saturated heterocycles. The van der Waals surface area contributed by atoms with Crippen LogP contribution in [0.2, 0.25) is 0 Å². The number of hydrogen-bond acceptors (Lipinski definition) is 5. The van der Waals surface area contributed by atoms with Crippen LogP contribution in [0.5, 0.6) is 5.75 Å². The molecule has 0 amide bonds. The van der Waals surface area contributed by atoms with Crippen molar-refractivity contribution in [3.63, 3.8) is 0 Å². The Morgan fingerprint density at radius 3 is 2.90 bits per heavy atom. The Morgan fingerprint density at radius 1 is 1.62 bits per heavy atom. The maximum absolute atomic E-state index is 11.3. The molecule has 0 fully saturated rings. The van der Waals surface area contributed by atoms with E-state index in [2.05, 4.69) is 9.98 Å². The molecule has 0 bridgehead atoms. The smallest absolute Gasteiger partial charge is 0.432 e. The van der Waals surface area contributed by atoms with Crippen molar-refractivity contribution >= 4 is 25.5 Å². The molecule has 0 spiro atoms. The number of ether oxygens (including phenoxy) is 1. The van der Waals surface area contributed by atoms with Gasteiger partial charge >= 0.3 is 7.75 Å². The van der Waals surface area contributed by atoms with Crippen LogP contribution in [-0.4, -0.2) is 51.9 Å². The summed E-state index contributed by atoms with van der Waals surface area (Å²) in [5.74, 6) is 1.54. The molecule has 0 aromatic carbocycles. The number of nitrogens with zero attached hydrogens (tertiary/aromatic N) is 3. The van der Waals surface area contributed by atoms with Gasteiger partial charge in [-0.05, 0) is 12.1 Å². The lowest BCUT2D eigenvalue weighted by Crippen LogP contribution is -2.36. The summed E-state index contributed by atoms with van der Waals surface area (Å²) in [6.07, 6.45) is 1.67. The Bertz CT molecular complexity index is 537. The Kier molecular flexibility index (Phi) is 6.97. The molecule has 0 aliphatic heterocycles. The molecule has 1 aromatic heterocycles. The van der Waals surface area contributed by atoms with Crippen molar-refractivity contribution in [2.24, 2.45) is 10.7 Å². The van der Waals surface area contributed by atoms with Gasteiger partial charge in [0.15, 0.2) is 5.96 Å². The van der Waals surface area contributed by atoms with Crippen LogP contribution in [-0.2, 0) is 10.3 Å². The standard InChI is InChI=1S/C11H19N4O4PS/c1-13-11(12)15(20(16,17)18)6-7-21-8-9-10(19-2)4-3-5-14-9/h3-5H,6-8H2,1-2H3,(H2,12,13)(H2,16,17,18). The largest absolute Gasteiger partial charge is 0.495 e. The molecule has 0 saturated carbocycles. The molecule has 1 aromatic rings. The number of hydrogen-bond donors (Lipinski definition) is 3. The quantitative estimate of drug-likeness (QED) is 0.288.